The Labute approximate surface area is 85.7 Å². The second-order valence-electron chi connectivity index (χ2n) is 2.89. The third kappa shape index (κ3) is 2.86. The molecule has 0 amide bonds. The van der Waals surface area contributed by atoms with Crippen LogP contribution in [0, 0.1) is 0 Å². The van der Waals surface area contributed by atoms with Crippen LogP contribution in [-0.4, -0.2) is 19.1 Å². The second-order valence-corrected chi connectivity index (χ2v) is 5.38. The molecule has 0 bridgehead atoms. The minimum absolute atomic E-state index is 0.385. The van der Waals surface area contributed by atoms with Gasteiger partial charge in [0, 0.05) is 19.0 Å². The summed E-state index contributed by atoms with van der Waals surface area (Å²) < 4.78 is 1.19. The first-order valence-corrected chi connectivity index (χ1v) is 5.39. The number of hydrogen-bond donors (Lipinski definition) is 1. The lowest BCUT2D eigenvalue weighted by molar-refractivity contribution is 0.254. The summed E-state index contributed by atoms with van der Waals surface area (Å²) in [5.41, 5.74) is 3.30. The summed E-state index contributed by atoms with van der Waals surface area (Å²) in [5, 5.41) is 1.97. The highest BCUT2D eigenvalue weighted by molar-refractivity contribution is 9.11. The molecule has 1 rings (SSSR count). The number of hydrogen-bond acceptors (Lipinski definition) is 3. The molecule has 0 aliphatic rings. The average Bonchev–Trinajstić information content (AvgIpc) is 2.34. The minimum Gasteiger partial charge on any atom is -0.250 e. The molecule has 12 heavy (non-hydrogen) atoms. The molecule has 1 aromatic heterocycles. The van der Waals surface area contributed by atoms with Gasteiger partial charge in [0.2, 0.25) is 0 Å². The summed E-state index contributed by atoms with van der Waals surface area (Å²) in [5.74, 6) is 0. The van der Waals surface area contributed by atoms with Gasteiger partial charge in [-0.25, -0.2) is 5.43 Å². The normalized spacial score (nSPS) is 13.8. The summed E-state index contributed by atoms with van der Waals surface area (Å²) in [4.78, 5) is 1.34. The predicted octanol–water partition coefficient (Wildman–Crippen LogP) is 2.64. The monoisotopic (exact) mass is 248 g/mol. The molecule has 1 N–H and O–H groups in total. The van der Waals surface area contributed by atoms with Gasteiger partial charge in [0.25, 0.3) is 0 Å². The first kappa shape index (κ1) is 10.2. The van der Waals surface area contributed by atoms with Gasteiger partial charge in [0.15, 0.2) is 0 Å². The molecule has 2 nitrogen and oxygen atoms in total. The topological polar surface area (TPSA) is 15.3 Å². The number of nitrogens with one attached hydrogen (secondary N) is 1. The highest BCUT2D eigenvalue weighted by Crippen LogP contribution is 2.26. The Balaban J connectivity index is 2.58. The molecule has 4 heteroatoms. The van der Waals surface area contributed by atoms with Crippen molar-refractivity contribution < 1.29 is 0 Å². The Bertz CT molecular complexity index is 247. The fourth-order valence-corrected chi connectivity index (χ4v) is 2.43. The Morgan fingerprint density at radius 3 is 2.58 bits per heavy atom. The predicted molar refractivity (Wildman–Crippen MR) is 57.3 cm³/mol. The van der Waals surface area contributed by atoms with Gasteiger partial charge in [-0.3, -0.25) is 5.01 Å². The number of nitrogens with zero attached hydrogens (tertiary/aromatic N) is 1. The van der Waals surface area contributed by atoms with E-state index in [0.717, 1.165) is 0 Å². The van der Waals surface area contributed by atoms with Crippen LogP contribution in [-0.2, 0) is 0 Å². The molecule has 0 aromatic carbocycles. The van der Waals surface area contributed by atoms with Crippen molar-refractivity contribution in [3.63, 3.8) is 0 Å². The zero-order valence-corrected chi connectivity index (χ0v) is 9.87. The van der Waals surface area contributed by atoms with Crippen molar-refractivity contribution in [2.24, 2.45) is 0 Å². The summed E-state index contributed by atoms with van der Waals surface area (Å²) in [6.45, 7) is 2.15. The minimum atomic E-state index is 0.385. The van der Waals surface area contributed by atoms with Gasteiger partial charge in [0.05, 0.1) is 9.83 Å². The molecular weight excluding hydrogens is 236 g/mol. The molecule has 1 heterocycles. The van der Waals surface area contributed by atoms with E-state index in [-0.39, 0.29) is 0 Å². The van der Waals surface area contributed by atoms with E-state index < -0.39 is 0 Å². The molecule has 0 spiro atoms. The van der Waals surface area contributed by atoms with E-state index in [0.29, 0.717) is 6.04 Å². The van der Waals surface area contributed by atoms with Gasteiger partial charge in [-0.15, -0.1) is 11.3 Å². The van der Waals surface area contributed by atoms with Crippen LogP contribution in [0.3, 0.4) is 0 Å². The van der Waals surface area contributed by atoms with E-state index >= 15 is 0 Å². The fraction of sp³-hybridized carbons (Fsp3) is 0.500. The highest BCUT2D eigenvalue weighted by Gasteiger charge is 2.07. The Hall–Kier alpha value is 0.1000. The molecule has 0 saturated carbocycles. The quantitative estimate of drug-likeness (QED) is 0.828. The molecule has 1 aromatic rings. The van der Waals surface area contributed by atoms with E-state index in [1.807, 2.05) is 19.1 Å². The van der Waals surface area contributed by atoms with Gasteiger partial charge >= 0.3 is 0 Å². The van der Waals surface area contributed by atoms with Crippen LogP contribution >= 0.6 is 27.3 Å². The second kappa shape index (κ2) is 4.37. The Morgan fingerprint density at radius 1 is 1.50 bits per heavy atom. The lowest BCUT2D eigenvalue weighted by atomic mass is 10.3. The standard InChI is InChI=1S/C8H13BrN2S/c1-6(10-11(2)3)7-4-5-8(9)12-7/h4-6,10H,1-3H3. The Kier molecular flexibility index (Phi) is 3.71. The smallest absolute Gasteiger partial charge is 0.0701 e. The van der Waals surface area contributed by atoms with Crippen molar-refractivity contribution in [2.75, 3.05) is 14.1 Å². The van der Waals surface area contributed by atoms with E-state index in [4.69, 9.17) is 0 Å². The van der Waals surface area contributed by atoms with E-state index in [1.165, 1.54) is 8.66 Å². The van der Waals surface area contributed by atoms with Crippen molar-refractivity contribution in [3.8, 4) is 0 Å². The molecule has 0 aliphatic carbocycles. The van der Waals surface area contributed by atoms with Gasteiger partial charge in [-0.05, 0) is 35.0 Å². The summed E-state index contributed by atoms with van der Waals surface area (Å²) in [7, 11) is 4.00. The van der Waals surface area contributed by atoms with Crippen molar-refractivity contribution in [3.05, 3.63) is 20.8 Å². The first-order valence-electron chi connectivity index (χ1n) is 3.78. The maximum atomic E-state index is 3.44. The van der Waals surface area contributed by atoms with Crippen LogP contribution in [0.25, 0.3) is 0 Å². The lowest BCUT2D eigenvalue weighted by Crippen LogP contribution is -2.32. The molecule has 68 valence electrons. The molecule has 0 fully saturated rings. The fourth-order valence-electron chi connectivity index (χ4n) is 1.01. The summed E-state index contributed by atoms with van der Waals surface area (Å²) in [6.07, 6.45) is 0. The maximum absolute atomic E-state index is 3.44. The van der Waals surface area contributed by atoms with Crippen LogP contribution in [0.1, 0.15) is 17.8 Å². The number of halogens is 1. The van der Waals surface area contributed by atoms with E-state index in [2.05, 4.69) is 40.4 Å². The highest BCUT2D eigenvalue weighted by atomic mass is 79.9. The first-order chi connectivity index (χ1) is 5.59. The van der Waals surface area contributed by atoms with Crippen LogP contribution in [0.15, 0.2) is 15.9 Å². The zero-order chi connectivity index (χ0) is 9.14. The van der Waals surface area contributed by atoms with Gasteiger partial charge < -0.3 is 0 Å². The van der Waals surface area contributed by atoms with Crippen LogP contribution in [0.4, 0.5) is 0 Å². The summed E-state index contributed by atoms with van der Waals surface area (Å²) in [6, 6.07) is 4.60. The molecule has 0 saturated heterocycles. The van der Waals surface area contributed by atoms with Gasteiger partial charge in [0.1, 0.15) is 0 Å². The summed E-state index contributed by atoms with van der Waals surface area (Å²) >= 11 is 5.21. The van der Waals surface area contributed by atoms with Crippen LogP contribution < -0.4 is 5.43 Å². The van der Waals surface area contributed by atoms with Crippen LogP contribution in [0.5, 0.6) is 0 Å². The van der Waals surface area contributed by atoms with Gasteiger partial charge in [-0.1, -0.05) is 0 Å². The third-order valence-electron chi connectivity index (χ3n) is 1.47. The van der Waals surface area contributed by atoms with Crippen LogP contribution in [0.2, 0.25) is 0 Å². The molecule has 0 radical (unpaired) electrons. The molecule has 0 aliphatic heterocycles. The largest absolute Gasteiger partial charge is 0.250 e. The van der Waals surface area contributed by atoms with Crippen molar-refractivity contribution in [2.45, 2.75) is 13.0 Å². The molecular formula is C8H13BrN2S. The van der Waals surface area contributed by atoms with Crippen molar-refractivity contribution in [1.29, 1.82) is 0 Å². The lowest BCUT2D eigenvalue weighted by Gasteiger charge is -2.17. The average molecular weight is 249 g/mol. The van der Waals surface area contributed by atoms with Crippen molar-refractivity contribution >= 4 is 27.3 Å². The number of thiophene rings is 1. The zero-order valence-electron chi connectivity index (χ0n) is 7.47. The maximum Gasteiger partial charge on any atom is 0.0701 e. The van der Waals surface area contributed by atoms with Crippen molar-refractivity contribution in [1.82, 2.24) is 10.4 Å². The van der Waals surface area contributed by atoms with E-state index in [1.54, 1.807) is 11.3 Å². The number of hydrazine groups is 1. The Morgan fingerprint density at radius 2 is 2.17 bits per heavy atom. The molecule has 1 unspecified atom stereocenters. The SMILES string of the molecule is CC(NN(C)C)c1ccc(Br)s1. The van der Waals surface area contributed by atoms with E-state index in [9.17, 15) is 0 Å². The molecule has 1 atom stereocenters. The third-order valence-corrected chi connectivity index (χ3v) is 3.28. The van der Waals surface area contributed by atoms with Gasteiger partial charge in [-0.2, -0.15) is 0 Å². The number of rotatable bonds is 3.